The average Bonchev–Trinajstić information content (AvgIpc) is 3.48. The molecule has 1 aliphatic rings. The molecule has 2 aromatic rings. The highest BCUT2D eigenvalue weighted by atomic mass is 16.5. The van der Waals surface area contributed by atoms with E-state index in [1.54, 1.807) is 6.92 Å². The summed E-state index contributed by atoms with van der Waals surface area (Å²) in [6, 6.07) is 18.8. The first-order chi connectivity index (χ1) is 14.8. The van der Waals surface area contributed by atoms with Gasteiger partial charge in [-0.05, 0) is 35.8 Å². The Balaban J connectivity index is 1.69. The Morgan fingerprint density at radius 1 is 1.06 bits per heavy atom. The fourth-order valence-corrected chi connectivity index (χ4v) is 4.25. The van der Waals surface area contributed by atoms with Crippen LogP contribution in [0.25, 0.3) is 0 Å². The Hall–Kier alpha value is -2.86. The fourth-order valence-electron chi connectivity index (χ4n) is 4.25. The van der Waals surface area contributed by atoms with Gasteiger partial charge in [-0.25, -0.2) is 4.79 Å². The van der Waals surface area contributed by atoms with Gasteiger partial charge in [0, 0.05) is 12.0 Å². The standard InChI is InChI=1S/C25H32N2O4/c1-17(15-28)26-23(29)18(2)21-14-25(21,3)22(20-12-8-5-9-13-20)27-24(30)31-16-19-10-6-4-7-11-19/h4-13,17-18,21-22,28H,14-16H2,1-3H3,(H,26,29)(H,27,30)/t17-,18-,21+,22+,25-/m1/s1. The van der Waals surface area contributed by atoms with Gasteiger partial charge in [-0.3, -0.25) is 4.79 Å². The van der Waals surface area contributed by atoms with Crippen molar-refractivity contribution in [2.45, 2.75) is 45.9 Å². The lowest BCUT2D eigenvalue weighted by Crippen LogP contribution is -2.40. The monoisotopic (exact) mass is 424 g/mol. The van der Waals surface area contributed by atoms with Crippen LogP contribution in [0, 0.1) is 17.3 Å². The van der Waals surface area contributed by atoms with Crippen LogP contribution in [-0.4, -0.2) is 29.8 Å². The molecular formula is C25H32N2O4. The van der Waals surface area contributed by atoms with Gasteiger partial charge >= 0.3 is 6.09 Å². The topological polar surface area (TPSA) is 87.7 Å². The molecule has 1 saturated carbocycles. The molecule has 5 atom stereocenters. The molecule has 31 heavy (non-hydrogen) atoms. The van der Waals surface area contributed by atoms with Crippen LogP contribution in [0.15, 0.2) is 60.7 Å². The second-order valence-corrected chi connectivity index (χ2v) is 8.75. The SMILES string of the molecule is C[C@H](CO)NC(=O)[C@H](C)[C@@H]1C[C@@]1(C)[C@@H](NC(=O)OCc1ccccc1)c1ccccc1. The number of ether oxygens (including phenoxy) is 1. The summed E-state index contributed by atoms with van der Waals surface area (Å²) in [6.45, 7) is 5.89. The van der Waals surface area contributed by atoms with Crippen molar-refractivity contribution in [1.82, 2.24) is 10.6 Å². The van der Waals surface area contributed by atoms with Crippen LogP contribution < -0.4 is 10.6 Å². The first kappa shape index (κ1) is 22.8. The van der Waals surface area contributed by atoms with Gasteiger partial charge in [-0.2, -0.15) is 0 Å². The zero-order valence-electron chi connectivity index (χ0n) is 18.4. The van der Waals surface area contributed by atoms with Crippen molar-refractivity contribution in [3.8, 4) is 0 Å². The molecule has 6 nitrogen and oxygen atoms in total. The Bertz CT molecular complexity index is 874. The Labute approximate surface area is 184 Å². The summed E-state index contributed by atoms with van der Waals surface area (Å²) in [5.41, 5.74) is 1.64. The van der Waals surface area contributed by atoms with Gasteiger partial charge in [0.15, 0.2) is 0 Å². The quantitative estimate of drug-likeness (QED) is 0.571. The maximum absolute atomic E-state index is 12.6. The van der Waals surface area contributed by atoms with E-state index in [2.05, 4.69) is 17.6 Å². The first-order valence-electron chi connectivity index (χ1n) is 10.8. The Morgan fingerprint density at radius 3 is 2.29 bits per heavy atom. The molecule has 3 rings (SSSR count). The molecule has 166 valence electrons. The van der Waals surface area contributed by atoms with E-state index < -0.39 is 6.09 Å². The van der Waals surface area contributed by atoms with E-state index in [0.29, 0.717) is 0 Å². The number of carbonyl (C=O) groups excluding carboxylic acids is 2. The number of hydrogen-bond donors (Lipinski definition) is 3. The Morgan fingerprint density at radius 2 is 1.68 bits per heavy atom. The summed E-state index contributed by atoms with van der Waals surface area (Å²) in [5, 5.41) is 15.1. The number of alkyl carbamates (subject to hydrolysis) is 1. The van der Waals surface area contributed by atoms with E-state index in [1.165, 1.54) is 0 Å². The molecule has 0 radical (unpaired) electrons. The molecule has 2 aromatic carbocycles. The highest BCUT2D eigenvalue weighted by molar-refractivity contribution is 5.79. The lowest BCUT2D eigenvalue weighted by Gasteiger charge is -2.28. The predicted octanol–water partition coefficient (Wildman–Crippen LogP) is 3.81. The van der Waals surface area contributed by atoms with Crippen LogP contribution in [0.5, 0.6) is 0 Å². The lowest BCUT2D eigenvalue weighted by molar-refractivity contribution is -0.126. The van der Waals surface area contributed by atoms with E-state index >= 15 is 0 Å². The molecule has 1 aliphatic carbocycles. The third kappa shape index (κ3) is 5.64. The van der Waals surface area contributed by atoms with Crippen molar-refractivity contribution in [2.24, 2.45) is 17.3 Å². The minimum Gasteiger partial charge on any atom is -0.445 e. The summed E-state index contributed by atoms with van der Waals surface area (Å²) >= 11 is 0. The van der Waals surface area contributed by atoms with Crippen LogP contribution in [0.3, 0.4) is 0 Å². The van der Waals surface area contributed by atoms with Gasteiger partial charge in [0.25, 0.3) is 0 Å². The van der Waals surface area contributed by atoms with Gasteiger partial charge < -0.3 is 20.5 Å². The second-order valence-electron chi connectivity index (χ2n) is 8.75. The molecule has 6 heteroatoms. The molecule has 0 saturated heterocycles. The number of aliphatic hydroxyl groups is 1. The highest BCUT2D eigenvalue weighted by Crippen LogP contribution is 2.63. The number of benzene rings is 2. The van der Waals surface area contributed by atoms with E-state index in [0.717, 1.165) is 17.5 Å². The molecule has 0 unspecified atom stereocenters. The molecule has 0 aliphatic heterocycles. The van der Waals surface area contributed by atoms with E-state index in [9.17, 15) is 14.7 Å². The first-order valence-corrected chi connectivity index (χ1v) is 10.8. The number of amides is 2. The van der Waals surface area contributed by atoms with Crippen molar-refractivity contribution in [1.29, 1.82) is 0 Å². The van der Waals surface area contributed by atoms with Crippen molar-refractivity contribution in [2.75, 3.05) is 6.61 Å². The number of hydrogen-bond acceptors (Lipinski definition) is 4. The normalized spacial score (nSPS) is 22.6. The Kier molecular flexibility index (Phi) is 7.33. The van der Waals surface area contributed by atoms with E-state index in [-0.39, 0.29) is 48.5 Å². The minimum absolute atomic E-state index is 0.0752. The third-order valence-corrected chi connectivity index (χ3v) is 6.29. The van der Waals surface area contributed by atoms with Gasteiger partial charge in [-0.1, -0.05) is 74.5 Å². The van der Waals surface area contributed by atoms with Gasteiger partial charge in [0.1, 0.15) is 6.61 Å². The zero-order chi connectivity index (χ0) is 22.4. The molecule has 0 spiro atoms. The van der Waals surface area contributed by atoms with Crippen LogP contribution in [0.4, 0.5) is 4.79 Å². The van der Waals surface area contributed by atoms with Gasteiger partial charge in [0.05, 0.1) is 12.6 Å². The fraction of sp³-hybridized carbons (Fsp3) is 0.440. The number of rotatable bonds is 9. The molecule has 2 amide bonds. The van der Waals surface area contributed by atoms with Crippen molar-refractivity contribution in [3.05, 3.63) is 71.8 Å². The molecular weight excluding hydrogens is 392 g/mol. The third-order valence-electron chi connectivity index (χ3n) is 6.29. The number of nitrogens with one attached hydrogen (secondary N) is 2. The summed E-state index contributed by atoms with van der Waals surface area (Å²) < 4.78 is 5.46. The summed E-state index contributed by atoms with van der Waals surface area (Å²) in [5.74, 6) is -0.195. The van der Waals surface area contributed by atoms with Crippen LogP contribution >= 0.6 is 0 Å². The second kappa shape index (κ2) is 9.96. The lowest BCUT2D eigenvalue weighted by atomic mass is 9.86. The average molecular weight is 425 g/mol. The van der Waals surface area contributed by atoms with Crippen molar-refractivity contribution in [3.63, 3.8) is 0 Å². The van der Waals surface area contributed by atoms with E-state index in [1.807, 2.05) is 67.6 Å². The van der Waals surface area contributed by atoms with Gasteiger partial charge in [-0.15, -0.1) is 0 Å². The molecule has 1 fully saturated rings. The van der Waals surface area contributed by atoms with Crippen LogP contribution in [0.1, 0.15) is 44.4 Å². The van der Waals surface area contributed by atoms with E-state index in [4.69, 9.17) is 4.74 Å². The number of carbonyl (C=O) groups is 2. The van der Waals surface area contributed by atoms with Crippen LogP contribution in [-0.2, 0) is 16.1 Å². The maximum atomic E-state index is 12.6. The smallest absolute Gasteiger partial charge is 0.407 e. The molecule has 0 aromatic heterocycles. The largest absolute Gasteiger partial charge is 0.445 e. The van der Waals surface area contributed by atoms with Crippen LogP contribution in [0.2, 0.25) is 0 Å². The maximum Gasteiger partial charge on any atom is 0.407 e. The van der Waals surface area contributed by atoms with Crippen molar-refractivity contribution < 1.29 is 19.4 Å². The minimum atomic E-state index is -0.476. The molecule has 3 N–H and O–H groups in total. The zero-order valence-corrected chi connectivity index (χ0v) is 18.4. The summed E-state index contributed by atoms with van der Waals surface area (Å²) in [4.78, 5) is 25.2. The molecule has 0 bridgehead atoms. The van der Waals surface area contributed by atoms with Gasteiger partial charge in [0.2, 0.25) is 5.91 Å². The predicted molar refractivity (Wildman–Crippen MR) is 119 cm³/mol. The highest BCUT2D eigenvalue weighted by Gasteiger charge is 2.59. The number of aliphatic hydroxyl groups excluding tert-OH is 1. The molecule has 0 heterocycles. The summed E-state index contributed by atoms with van der Waals surface area (Å²) in [6.07, 6.45) is 0.337. The van der Waals surface area contributed by atoms with Crippen molar-refractivity contribution >= 4 is 12.0 Å². The summed E-state index contributed by atoms with van der Waals surface area (Å²) in [7, 11) is 0.